The second kappa shape index (κ2) is 20.8. The Morgan fingerprint density at radius 3 is 1.57 bits per heavy atom. The number of ketones is 2. The summed E-state index contributed by atoms with van der Waals surface area (Å²) in [6.07, 6.45) is 2.62. The lowest BCUT2D eigenvalue weighted by Gasteiger charge is -2.28. The van der Waals surface area contributed by atoms with Gasteiger partial charge in [0.25, 0.3) is 0 Å². The van der Waals surface area contributed by atoms with Crippen LogP contribution in [0.15, 0.2) is 109 Å². The maximum Gasteiger partial charge on any atom is 0.410 e. The third kappa shape index (κ3) is 11.8. The molecule has 54 heavy (non-hydrogen) atoms. The number of carbonyl (C=O) groups is 5. The van der Waals surface area contributed by atoms with E-state index in [2.05, 4.69) is 16.0 Å². The Hall–Kier alpha value is -5.32. The standard InChI is InChI=1S/C23H26N2O4.C18H18N2O2.2CH4.ClH/c1-23(2,3)29-22(28)25-15-9-14-19(25)21(27)24-18-13-8-7-12-17(18)20(26)16-10-5-4-6-11-16;21-17(13-7-2-1-3-8-13)14-9-4-5-10-15(14)20-18(22)16-11-6-12-19-16;;;/h4-8,10-13,19H,9,14-15H2,1-3H3,(H,24,27);1-5,7-10,16,19H,6,11-12H2,(H,20,22);2*1H4;1H/t19-;16-;;;/m00.../s1. The molecule has 2 saturated heterocycles. The second-order valence-corrected chi connectivity index (χ2v) is 13.4. The molecule has 288 valence electrons. The summed E-state index contributed by atoms with van der Waals surface area (Å²) in [5.74, 6) is -0.653. The molecule has 0 aromatic heterocycles. The fourth-order valence-electron chi connectivity index (χ4n) is 5.99. The first-order valence-corrected chi connectivity index (χ1v) is 17.2. The molecule has 6 rings (SSSR count). The van der Waals surface area contributed by atoms with Crippen molar-refractivity contribution in [3.8, 4) is 0 Å². The quantitative estimate of drug-likeness (QED) is 0.153. The van der Waals surface area contributed by atoms with Gasteiger partial charge in [-0.2, -0.15) is 0 Å². The summed E-state index contributed by atoms with van der Waals surface area (Å²) in [6, 6.07) is 31.2. The highest BCUT2D eigenvalue weighted by Crippen LogP contribution is 2.25. The number of carbonyl (C=O) groups excluding carboxylic acids is 5. The van der Waals surface area contributed by atoms with Crippen molar-refractivity contribution in [1.29, 1.82) is 0 Å². The summed E-state index contributed by atoms with van der Waals surface area (Å²) in [5, 5.41) is 8.88. The number of hydrogen-bond acceptors (Lipinski definition) is 7. The molecule has 11 heteroatoms. The molecular weight excluding hydrogens is 704 g/mol. The SMILES string of the molecule is C.C.CC(C)(C)OC(=O)N1CCC[C@H]1C(=O)Nc1ccccc1C(=O)c1ccccc1.Cl.O=C(c1ccccc1)c1ccccc1NC(=O)[C@@H]1CCCN1. The minimum absolute atomic E-state index is 0. The van der Waals surface area contributed by atoms with Crippen LogP contribution in [-0.4, -0.2) is 65.1 Å². The average Bonchev–Trinajstić information content (AvgIpc) is 3.86. The normalized spacial score (nSPS) is 15.8. The van der Waals surface area contributed by atoms with Crippen molar-refractivity contribution in [3.05, 3.63) is 131 Å². The van der Waals surface area contributed by atoms with Crippen LogP contribution in [-0.2, 0) is 14.3 Å². The maximum atomic E-state index is 12.9. The molecule has 0 radical (unpaired) electrons. The topological polar surface area (TPSA) is 134 Å². The predicted molar refractivity (Wildman–Crippen MR) is 218 cm³/mol. The van der Waals surface area contributed by atoms with E-state index in [4.69, 9.17) is 4.74 Å². The number of rotatable bonds is 8. The van der Waals surface area contributed by atoms with E-state index in [9.17, 15) is 24.0 Å². The first-order chi connectivity index (χ1) is 24.5. The lowest BCUT2D eigenvalue weighted by molar-refractivity contribution is -0.120. The van der Waals surface area contributed by atoms with Crippen LogP contribution in [0.5, 0.6) is 0 Å². The predicted octanol–water partition coefficient (Wildman–Crippen LogP) is 8.56. The number of anilines is 2. The van der Waals surface area contributed by atoms with Crippen molar-refractivity contribution in [2.75, 3.05) is 23.7 Å². The highest BCUT2D eigenvalue weighted by atomic mass is 35.5. The van der Waals surface area contributed by atoms with E-state index in [0.717, 1.165) is 25.8 Å². The van der Waals surface area contributed by atoms with E-state index in [0.29, 0.717) is 46.6 Å². The molecule has 2 aliphatic rings. The van der Waals surface area contributed by atoms with Gasteiger partial charge in [0.05, 0.1) is 17.4 Å². The molecule has 3 N–H and O–H groups in total. The zero-order valence-corrected chi connectivity index (χ0v) is 30.4. The van der Waals surface area contributed by atoms with Crippen molar-refractivity contribution in [2.45, 2.75) is 79.0 Å². The zero-order valence-electron chi connectivity index (χ0n) is 29.6. The molecule has 0 spiro atoms. The van der Waals surface area contributed by atoms with Gasteiger partial charge in [-0.15, -0.1) is 12.4 Å². The summed E-state index contributed by atoms with van der Waals surface area (Å²) in [5.41, 5.74) is 2.45. The van der Waals surface area contributed by atoms with Crippen LogP contribution in [0.1, 0.15) is 93.2 Å². The van der Waals surface area contributed by atoms with Gasteiger partial charge in [-0.3, -0.25) is 24.1 Å². The molecule has 0 bridgehead atoms. The second-order valence-electron chi connectivity index (χ2n) is 13.4. The fraction of sp³-hybridized carbons (Fsp3) is 0.326. The molecule has 0 aliphatic carbocycles. The number of ether oxygens (including phenoxy) is 1. The van der Waals surface area contributed by atoms with Crippen molar-refractivity contribution < 1.29 is 28.7 Å². The third-order valence-electron chi connectivity index (χ3n) is 8.49. The molecule has 4 aromatic carbocycles. The molecular formula is C43H53ClN4O6. The molecule has 2 heterocycles. The lowest BCUT2D eigenvalue weighted by atomic mass is 10.0. The summed E-state index contributed by atoms with van der Waals surface area (Å²) in [7, 11) is 0. The first-order valence-electron chi connectivity index (χ1n) is 17.2. The fourth-order valence-corrected chi connectivity index (χ4v) is 5.99. The van der Waals surface area contributed by atoms with Gasteiger partial charge in [0.1, 0.15) is 11.6 Å². The minimum atomic E-state index is -0.630. The van der Waals surface area contributed by atoms with Crippen LogP contribution < -0.4 is 16.0 Å². The Kier molecular flexibility index (Phi) is 17.3. The molecule has 2 fully saturated rings. The van der Waals surface area contributed by atoms with Crippen LogP contribution in [0.3, 0.4) is 0 Å². The Morgan fingerprint density at radius 2 is 1.11 bits per heavy atom. The van der Waals surface area contributed by atoms with Gasteiger partial charge in [0.2, 0.25) is 11.8 Å². The van der Waals surface area contributed by atoms with Crippen molar-refractivity contribution in [1.82, 2.24) is 10.2 Å². The highest BCUT2D eigenvalue weighted by Gasteiger charge is 2.37. The number of halogens is 1. The number of nitrogens with one attached hydrogen (secondary N) is 3. The van der Waals surface area contributed by atoms with Gasteiger partial charge >= 0.3 is 6.09 Å². The number of nitrogens with zero attached hydrogens (tertiary/aromatic N) is 1. The molecule has 2 atom stereocenters. The van der Waals surface area contributed by atoms with E-state index in [1.807, 2.05) is 30.3 Å². The van der Waals surface area contributed by atoms with Gasteiger partial charge in [0.15, 0.2) is 11.6 Å². The monoisotopic (exact) mass is 756 g/mol. The van der Waals surface area contributed by atoms with Crippen molar-refractivity contribution in [3.63, 3.8) is 0 Å². The molecule has 10 nitrogen and oxygen atoms in total. The average molecular weight is 757 g/mol. The number of likely N-dealkylation sites (tertiary alicyclic amines) is 1. The first kappa shape index (κ1) is 44.8. The van der Waals surface area contributed by atoms with Gasteiger partial charge in [-0.1, -0.05) is 99.8 Å². The molecule has 2 aliphatic heterocycles. The highest BCUT2D eigenvalue weighted by molar-refractivity contribution is 6.15. The van der Waals surface area contributed by atoms with E-state index in [-0.39, 0.29) is 56.7 Å². The summed E-state index contributed by atoms with van der Waals surface area (Å²) in [6.45, 7) is 6.71. The van der Waals surface area contributed by atoms with Crippen LogP contribution >= 0.6 is 12.4 Å². The zero-order chi connectivity index (χ0) is 36.4. The van der Waals surface area contributed by atoms with E-state index in [1.54, 1.807) is 99.6 Å². The Labute approximate surface area is 325 Å². The van der Waals surface area contributed by atoms with E-state index in [1.165, 1.54) is 4.90 Å². The molecule has 0 saturated carbocycles. The van der Waals surface area contributed by atoms with Crippen LogP contribution in [0.4, 0.5) is 16.2 Å². The van der Waals surface area contributed by atoms with Gasteiger partial charge in [0, 0.05) is 28.8 Å². The van der Waals surface area contributed by atoms with Crippen LogP contribution in [0.2, 0.25) is 0 Å². The van der Waals surface area contributed by atoms with Crippen molar-refractivity contribution in [2.24, 2.45) is 0 Å². The third-order valence-corrected chi connectivity index (χ3v) is 8.49. The molecule has 3 amide bonds. The van der Waals surface area contributed by atoms with Crippen LogP contribution in [0, 0.1) is 0 Å². The Bertz CT molecular complexity index is 1860. The summed E-state index contributed by atoms with van der Waals surface area (Å²) >= 11 is 0. The molecule has 4 aromatic rings. The number of para-hydroxylation sites is 2. The minimum Gasteiger partial charge on any atom is -0.444 e. The summed E-state index contributed by atoms with van der Waals surface area (Å²) < 4.78 is 5.42. The number of benzene rings is 4. The van der Waals surface area contributed by atoms with E-state index < -0.39 is 17.7 Å². The molecule has 0 unspecified atom stereocenters. The largest absolute Gasteiger partial charge is 0.444 e. The maximum absolute atomic E-state index is 12.9. The van der Waals surface area contributed by atoms with Crippen LogP contribution in [0.25, 0.3) is 0 Å². The Morgan fingerprint density at radius 1 is 0.648 bits per heavy atom. The number of hydrogen-bond donors (Lipinski definition) is 3. The summed E-state index contributed by atoms with van der Waals surface area (Å²) in [4.78, 5) is 64.6. The van der Waals surface area contributed by atoms with Gasteiger partial charge in [-0.25, -0.2) is 4.79 Å². The van der Waals surface area contributed by atoms with Crippen molar-refractivity contribution >= 4 is 53.3 Å². The smallest absolute Gasteiger partial charge is 0.410 e. The van der Waals surface area contributed by atoms with Gasteiger partial charge < -0.3 is 20.7 Å². The number of amides is 3. The Balaban J connectivity index is 0.000000365. The van der Waals surface area contributed by atoms with E-state index >= 15 is 0 Å². The lowest BCUT2D eigenvalue weighted by Crippen LogP contribution is -2.45. The van der Waals surface area contributed by atoms with Gasteiger partial charge in [-0.05, 0) is 77.3 Å².